The molecule has 2 aromatic rings. The third-order valence-corrected chi connectivity index (χ3v) is 3.84. The van der Waals surface area contributed by atoms with Gasteiger partial charge in [0.2, 0.25) is 0 Å². The van der Waals surface area contributed by atoms with Crippen LogP contribution in [0.5, 0.6) is 0 Å². The predicted molar refractivity (Wildman–Crippen MR) is 76.5 cm³/mol. The Labute approximate surface area is 116 Å². The van der Waals surface area contributed by atoms with Crippen LogP contribution in [0.4, 0.5) is 0 Å². The van der Waals surface area contributed by atoms with Crippen LogP contribution in [0.1, 0.15) is 25.0 Å². The molecule has 0 bridgehead atoms. The van der Waals surface area contributed by atoms with Crippen LogP contribution in [-0.4, -0.2) is 33.7 Å². The van der Waals surface area contributed by atoms with Gasteiger partial charge in [-0.3, -0.25) is 9.69 Å². The Morgan fingerprint density at radius 2 is 2.20 bits per heavy atom. The fourth-order valence-corrected chi connectivity index (χ4v) is 2.73. The Hall–Kier alpha value is -2.01. The number of aromatic nitrogens is 2. The molecule has 104 valence electrons. The highest BCUT2D eigenvalue weighted by molar-refractivity contribution is 5.73. The summed E-state index contributed by atoms with van der Waals surface area (Å²) in [5, 5.41) is 0. The van der Waals surface area contributed by atoms with Crippen molar-refractivity contribution in [3.05, 3.63) is 40.3 Å². The van der Waals surface area contributed by atoms with E-state index in [0.29, 0.717) is 12.2 Å². The molecular formula is C15H17N3O2. The number of aldehydes is 1. The van der Waals surface area contributed by atoms with Crippen molar-refractivity contribution in [2.24, 2.45) is 0 Å². The van der Waals surface area contributed by atoms with Crippen molar-refractivity contribution < 1.29 is 4.79 Å². The number of benzene rings is 1. The number of para-hydroxylation sites is 2. The lowest BCUT2D eigenvalue weighted by Gasteiger charge is -2.31. The van der Waals surface area contributed by atoms with E-state index in [0.717, 1.165) is 43.1 Å². The summed E-state index contributed by atoms with van der Waals surface area (Å²) < 4.78 is 0. The van der Waals surface area contributed by atoms with Crippen molar-refractivity contribution in [2.75, 3.05) is 6.54 Å². The zero-order chi connectivity index (χ0) is 13.9. The maximum Gasteiger partial charge on any atom is 0.271 e. The highest BCUT2D eigenvalue weighted by atomic mass is 16.1. The lowest BCUT2D eigenvalue weighted by molar-refractivity contribution is -0.113. The average molecular weight is 271 g/mol. The first kappa shape index (κ1) is 13.0. The molecule has 1 saturated heterocycles. The number of nitrogens with one attached hydrogen (secondary N) is 1. The van der Waals surface area contributed by atoms with Crippen molar-refractivity contribution >= 4 is 17.3 Å². The SMILES string of the molecule is O=CC1CCCCN1Cc1nc2ccccc2[nH]c1=O. The summed E-state index contributed by atoms with van der Waals surface area (Å²) in [6.07, 6.45) is 3.99. The largest absolute Gasteiger partial charge is 0.319 e. The monoisotopic (exact) mass is 271 g/mol. The second kappa shape index (κ2) is 5.54. The number of piperidine rings is 1. The first-order chi connectivity index (χ1) is 9.78. The summed E-state index contributed by atoms with van der Waals surface area (Å²) in [5.74, 6) is 0. The summed E-state index contributed by atoms with van der Waals surface area (Å²) in [4.78, 5) is 32.5. The van der Waals surface area contributed by atoms with Gasteiger partial charge in [-0.25, -0.2) is 4.98 Å². The summed E-state index contributed by atoms with van der Waals surface area (Å²) >= 11 is 0. The molecule has 0 radical (unpaired) electrons. The number of carbonyl (C=O) groups excluding carboxylic acids is 1. The maximum atomic E-state index is 12.1. The van der Waals surface area contributed by atoms with E-state index in [-0.39, 0.29) is 11.6 Å². The smallest absolute Gasteiger partial charge is 0.271 e. The van der Waals surface area contributed by atoms with E-state index in [1.165, 1.54) is 0 Å². The van der Waals surface area contributed by atoms with Crippen molar-refractivity contribution in [3.63, 3.8) is 0 Å². The summed E-state index contributed by atoms with van der Waals surface area (Å²) in [5.41, 5.74) is 1.84. The lowest BCUT2D eigenvalue weighted by atomic mass is 10.0. The molecule has 1 aromatic carbocycles. The van der Waals surface area contributed by atoms with E-state index < -0.39 is 0 Å². The van der Waals surface area contributed by atoms with Crippen molar-refractivity contribution in [3.8, 4) is 0 Å². The van der Waals surface area contributed by atoms with Crippen LogP contribution in [0.25, 0.3) is 11.0 Å². The Balaban J connectivity index is 1.91. The minimum absolute atomic E-state index is 0.0866. The number of fused-ring (bicyclic) bond motifs is 1. The third kappa shape index (κ3) is 2.49. The van der Waals surface area contributed by atoms with E-state index in [4.69, 9.17) is 0 Å². The predicted octanol–water partition coefficient (Wildman–Crippen LogP) is 1.48. The van der Waals surface area contributed by atoms with Gasteiger partial charge in [0, 0.05) is 6.54 Å². The quantitative estimate of drug-likeness (QED) is 0.859. The van der Waals surface area contributed by atoms with Crippen LogP contribution >= 0.6 is 0 Å². The summed E-state index contributed by atoms with van der Waals surface area (Å²) in [6, 6.07) is 7.39. The highest BCUT2D eigenvalue weighted by Crippen LogP contribution is 2.17. The van der Waals surface area contributed by atoms with Gasteiger partial charge in [-0.15, -0.1) is 0 Å². The van der Waals surface area contributed by atoms with Crippen LogP contribution in [0.15, 0.2) is 29.1 Å². The van der Waals surface area contributed by atoms with Gasteiger partial charge in [0.05, 0.1) is 17.1 Å². The van der Waals surface area contributed by atoms with E-state index in [1.807, 2.05) is 29.2 Å². The number of nitrogens with zero attached hydrogens (tertiary/aromatic N) is 2. The molecule has 0 spiro atoms. The number of carbonyl (C=O) groups is 1. The van der Waals surface area contributed by atoms with Crippen molar-refractivity contribution in [2.45, 2.75) is 31.8 Å². The molecule has 5 heteroatoms. The minimum Gasteiger partial charge on any atom is -0.319 e. The van der Waals surface area contributed by atoms with E-state index >= 15 is 0 Å². The maximum absolute atomic E-state index is 12.1. The molecule has 1 aliphatic rings. The highest BCUT2D eigenvalue weighted by Gasteiger charge is 2.23. The second-order valence-corrected chi connectivity index (χ2v) is 5.20. The molecule has 0 amide bonds. The topological polar surface area (TPSA) is 66.1 Å². The zero-order valence-electron chi connectivity index (χ0n) is 11.2. The Morgan fingerprint density at radius 1 is 1.35 bits per heavy atom. The molecule has 0 saturated carbocycles. The number of hydrogen-bond donors (Lipinski definition) is 1. The molecule has 20 heavy (non-hydrogen) atoms. The third-order valence-electron chi connectivity index (χ3n) is 3.84. The number of H-pyrrole nitrogens is 1. The van der Waals surface area contributed by atoms with E-state index in [2.05, 4.69) is 9.97 Å². The molecule has 1 fully saturated rings. The molecule has 0 aliphatic carbocycles. The van der Waals surface area contributed by atoms with Crippen LogP contribution < -0.4 is 5.56 Å². The normalized spacial score (nSPS) is 20.1. The zero-order valence-corrected chi connectivity index (χ0v) is 11.2. The minimum atomic E-state index is -0.168. The second-order valence-electron chi connectivity index (χ2n) is 5.20. The van der Waals surface area contributed by atoms with Gasteiger partial charge in [0.25, 0.3) is 5.56 Å². The van der Waals surface area contributed by atoms with Gasteiger partial charge in [-0.1, -0.05) is 18.6 Å². The molecule has 2 heterocycles. The molecule has 1 aliphatic heterocycles. The summed E-state index contributed by atoms with van der Waals surface area (Å²) in [6.45, 7) is 1.28. The fraction of sp³-hybridized carbons (Fsp3) is 0.400. The van der Waals surface area contributed by atoms with Gasteiger partial charge in [-0.2, -0.15) is 0 Å². The van der Waals surface area contributed by atoms with Crippen molar-refractivity contribution in [1.29, 1.82) is 0 Å². The average Bonchev–Trinajstić information content (AvgIpc) is 2.48. The first-order valence-corrected chi connectivity index (χ1v) is 6.95. The van der Waals surface area contributed by atoms with Gasteiger partial charge in [0.15, 0.2) is 0 Å². The van der Waals surface area contributed by atoms with Gasteiger partial charge in [-0.05, 0) is 31.5 Å². The van der Waals surface area contributed by atoms with Gasteiger partial charge >= 0.3 is 0 Å². The molecule has 1 aromatic heterocycles. The van der Waals surface area contributed by atoms with Crippen molar-refractivity contribution in [1.82, 2.24) is 14.9 Å². The number of hydrogen-bond acceptors (Lipinski definition) is 4. The number of rotatable bonds is 3. The molecule has 1 unspecified atom stereocenters. The Morgan fingerprint density at radius 3 is 3.05 bits per heavy atom. The van der Waals surface area contributed by atoms with Crippen LogP contribution in [-0.2, 0) is 11.3 Å². The molecule has 3 rings (SSSR count). The van der Waals surface area contributed by atoms with Crippen LogP contribution in [0.2, 0.25) is 0 Å². The van der Waals surface area contributed by atoms with Crippen LogP contribution in [0, 0.1) is 0 Å². The fourth-order valence-electron chi connectivity index (χ4n) is 2.73. The standard InChI is InChI=1S/C15H17N3O2/c19-10-11-5-3-4-8-18(11)9-14-15(20)17-13-7-2-1-6-12(13)16-14/h1-2,6-7,10-11H,3-5,8-9H2,(H,17,20). The molecule has 1 atom stereocenters. The molecule has 5 nitrogen and oxygen atoms in total. The van der Waals surface area contributed by atoms with Crippen LogP contribution in [0.3, 0.4) is 0 Å². The Bertz CT molecular complexity index is 680. The van der Waals surface area contributed by atoms with E-state index in [1.54, 1.807) is 0 Å². The number of aromatic amines is 1. The van der Waals surface area contributed by atoms with E-state index in [9.17, 15) is 9.59 Å². The number of likely N-dealkylation sites (tertiary alicyclic amines) is 1. The Kier molecular flexibility index (Phi) is 3.60. The van der Waals surface area contributed by atoms with Gasteiger partial charge in [0.1, 0.15) is 12.0 Å². The van der Waals surface area contributed by atoms with Gasteiger partial charge < -0.3 is 9.78 Å². The summed E-state index contributed by atoms with van der Waals surface area (Å²) in [7, 11) is 0. The molecule has 1 N–H and O–H groups in total. The first-order valence-electron chi connectivity index (χ1n) is 6.95. The lowest BCUT2D eigenvalue weighted by Crippen LogP contribution is -2.41. The molecular weight excluding hydrogens is 254 g/mol.